The van der Waals surface area contributed by atoms with Crippen LogP contribution in [0.2, 0.25) is 0 Å². The van der Waals surface area contributed by atoms with Gasteiger partial charge in [-0.1, -0.05) is 23.0 Å². The summed E-state index contributed by atoms with van der Waals surface area (Å²) >= 11 is 1.33. The Kier molecular flexibility index (Phi) is 7.21. The normalized spacial score (nSPS) is 13.1. The van der Waals surface area contributed by atoms with Gasteiger partial charge in [0, 0.05) is 18.2 Å². The predicted molar refractivity (Wildman–Crippen MR) is 118 cm³/mol. The van der Waals surface area contributed by atoms with Crippen LogP contribution in [0.5, 0.6) is 11.5 Å². The second kappa shape index (κ2) is 9.86. The standard InChI is InChI=1S/C21H27N5O4S/c1-12(2)26-19(14(4)29-17-9-7-8-16(11-17)28-6)23-24-21(26)31-15(5)20(27)22-18-10-13(3)30-25-18/h7-12,14-15H,1-6H3,(H,22,25,27). The second-order valence-corrected chi connectivity index (χ2v) is 8.62. The molecular formula is C21H27N5O4S. The van der Waals surface area contributed by atoms with E-state index in [1.165, 1.54) is 11.8 Å². The summed E-state index contributed by atoms with van der Waals surface area (Å²) < 4.78 is 18.3. The average Bonchev–Trinajstić information content (AvgIpc) is 3.34. The van der Waals surface area contributed by atoms with Crippen LogP contribution in [-0.4, -0.2) is 38.2 Å². The Morgan fingerprint density at radius 3 is 2.55 bits per heavy atom. The Morgan fingerprint density at radius 2 is 1.90 bits per heavy atom. The van der Waals surface area contributed by atoms with Crippen molar-refractivity contribution < 1.29 is 18.8 Å². The maximum Gasteiger partial charge on any atom is 0.238 e. The Hall–Kier alpha value is -3.01. The quantitative estimate of drug-likeness (QED) is 0.483. The van der Waals surface area contributed by atoms with Crippen molar-refractivity contribution in [2.24, 2.45) is 0 Å². The zero-order chi connectivity index (χ0) is 22.5. The number of carbonyl (C=O) groups is 1. The van der Waals surface area contributed by atoms with Crippen LogP contribution in [0.3, 0.4) is 0 Å². The zero-order valence-corrected chi connectivity index (χ0v) is 19.3. The van der Waals surface area contributed by atoms with Gasteiger partial charge in [-0.05, 0) is 46.8 Å². The molecule has 0 spiro atoms. The Labute approximate surface area is 185 Å². The number of benzene rings is 1. The molecule has 1 amide bonds. The third kappa shape index (κ3) is 5.57. The topological polar surface area (TPSA) is 104 Å². The van der Waals surface area contributed by atoms with Crippen LogP contribution in [0.4, 0.5) is 5.82 Å². The van der Waals surface area contributed by atoms with E-state index in [1.807, 2.05) is 56.5 Å². The summed E-state index contributed by atoms with van der Waals surface area (Å²) in [7, 11) is 1.61. The van der Waals surface area contributed by atoms with Crippen LogP contribution >= 0.6 is 11.8 Å². The van der Waals surface area contributed by atoms with Gasteiger partial charge in [-0.15, -0.1) is 10.2 Å². The van der Waals surface area contributed by atoms with Crippen molar-refractivity contribution in [2.75, 3.05) is 12.4 Å². The molecule has 9 nitrogen and oxygen atoms in total. The first-order valence-electron chi connectivity index (χ1n) is 9.94. The first kappa shape index (κ1) is 22.7. The highest BCUT2D eigenvalue weighted by Crippen LogP contribution is 2.30. The van der Waals surface area contributed by atoms with Crippen molar-refractivity contribution in [1.29, 1.82) is 0 Å². The van der Waals surface area contributed by atoms with Gasteiger partial charge in [0.25, 0.3) is 0 Å². The highest BCUT2D eigenvalue weighted by Gasteiger charge is 2.25. The number of aromatic nitrogens is 4. The molecule has 10 heteroatoms. The third-order valence-corrected chi connectivity index (χ3v) is 5.51. The molecule has 2 heterocycles. The van der Waals surface area contributed by atoms with E-state index in [4.69, 9.17) is 14.0 Å². The van der Waals surface area contributed by atoms with E-state index in [0.717, 1.165) is 0 Å². The average molecular weight is 446 g/mol. The lowest BCUT2D eigenvalue weighted by molar-refractivity contribution is -0.115. The predicted octanol–water partition coefficient (Wildman–Crippen LogP) is 4.42. The summed E-state index contributed by atoms with van der Waals surface area (Å²) in [5, 5.41) is 15.4. The maximum absolute atomic E-state index is 12.5. The molecule has 0 radical (unpaired) electrons. The van der Waals surface area contributed by atoms with E-state index < -0.39 is 5.25 Å². The lowest BCUT2D eigenvalue weighted by Gasteiger charge is -2.19. The van der Waals surface area contributed by atoms with E-state index in [-0.39, 0.29) is 18.1 Å². The maximum atomic E-state index is 12.5. The van der Waals surface area contributed by atoms with Crippen LogP contribution in [0, 0.1) is 6.92 Å². The Balaban J connectivity index is 1.73. The molecule has 3 rings (SSSR count). The smallest absolute Gasteiger partial charge is 0.238 e. The Bertz CT molecular complexity index is 1030. The van der Waals surface area contributed by atoms with Gasteiger partial charge in [0.05, 0.1) is 12.4 Å². The van der Waals surface area contributed by atoms with E-state index in [1.54, 1.807) is 20.1 Å². The number of carbonyl (C=O) groups excluding carboxylic acids is 1. The molecule has 0 saturated carbocycles. The number of methoxy groups -OCH3 is 1. The van der Waals surface area contributed by atoms with Gasteiger partial charge in [-0.25, -0.2) is 0 Å². The number of thioether (sulfide) groups is 1. The van der Waals surface area contributed by atoms with Crippen molar-refractivity contribution in [2.45, 2.75) is 57.2 Å². The lowest BCUT2D eigenvalue weighted by atomic mass is 10.3. The molecule has 2 unspecified atom stereocenters. The van der Waals surface area contributed by atoms with Gasteiger partial charge in [0.1, 0.15) is 17.3 Å². The molecule has 31 heavy (non-hydrogen) atoms. The Morgan fingerprint density at radius 1 is 1.16 bits per heavy atom. The summed E-state index contributed by atoms with van der Waals surface area (Å²) in [5.41, 5.74) is 0. The summed E-state index contributed by atoms with van der Waals surface area (Å²) in [5.74, 6) is 2.90. The number of amides is 1. The largest absolute Gasteiger partial charge is 0.497 e. The molecule has 2 atom stereocenters. The first-order valence-corrected chi connectivity index (χ1v) is 10.8. The number of hydrogen-bond donors (Lipinski definition) is 1. The zero-order valence-electron chi connectivity index (χ0n) is 18.4. The van der Waals surface area contributed by atoms with E-state index in [2.05, 4.69) is 20.7 Å². The molecule has 0 fully saturated rings. The molecule has 0 aliphatic rings. The second-order valence-electron chi connectivity index (χ2n) is 7.32. The van der Waals surface area contributed by atoms with Crippen LogP contribution in [0.1, 0.15) is 51.4 Å². The summed E-state index contributed by atoms with van der Waals surface area (Å²) in [4.78, 5) is 12.5. The molecule has 0 saturated heterocycles. The van der Waals surface area contributed by atoms with Gasteiger partial charge < -0.3 is 23.9 Å². The molecule has 0 aliphatic carbocycles. The third-order valence-electron chi connectivity index (χ3n) is 4.46. The van der Waals surface area contributed by atoms with Gasteiger partial charge in [-0.2, -0.15) is 0 Å². The minimum absolute atomic E-state index is 0.0808. The van der Waals surface area contributed by atoms with Crippen LogP contribution in [0.25, 0.3) is 0 Å². The summed E-state index contributed by atoms with van der Waals surface area (Å²) in [6, 6.07) is 9.16. The summed E-state index contributed by atoms with van der Waals surface area (Å²) in [6.45, 7) is 9.57. The fourth-order valence-electron chi connectivity index (χ4n) is 2.93. The highest BCUT2D eigenvalue weighted by molar-refractivity contribution is 8.00. The van der Waals surface area contributed by atoms with E-state index in [9.17, 15) is 4.79 Å². The van der Waals surface area contributed by atoms with Crippen molar-refractivity contribution in [3.63, 3.8) is 0 Å². The number of rotatable bonds is 9. The van der Waals surface area contributed by atoms with Crippen molar-refractivity contribution in [3.8, 4) is 11.5 Å². The fraction of sp³-hybridized carbons (Fsp3) is 0.429. The highest BCUT2D eigenvalue weighted by atomic mass is 32.2. The SMILES string of the molecule is COc1cccc(OC(C)c2nnc(SC(C)C(=O)Nc3cc(C)on3)n2C(C)C)c1. The van der Waals surface area contributed by atoms with Crippen molar-refractivity contribution in [1.82, 2.24) is 19.9 Å². The van der Waals surface area contributed by atoms with Gasteiger partial charge in [-0.3, -0.25) is 4.79 Å². The number of anilines is 1. The minimum Gasteiger partial charge on any atom is -0.497 e. The van der Waals surface area contributed by atoms with Crippen molar-refractivity contribution >= 4 is 23.5 Å². The number of nitrogens with one attached hydrogen (secondary N) is 1. The molecule has 3 aromatic rings. The molecule has 166 valence electrons. The molecular weight excluding hydrogens is 418 g/mol. The lowest BCUT2D eigenvalue weighted by Crippen LogP contribution is -2.23. The first-order chi connectivity index (χ1) is 14.8. The summed E-state index contributed by atoms with van der Waals surface area (Å²) in [6.07, 6.45) is -0.349. The molecule has 2 aromatic heterocycles. The number of nitrogens with zero attached hydrogens (tertiary/aromatic N) is 4. The van der Waals surface area contributed by atoms with E-state index in [0.29, 0.717) is 34.1 Å². The van der Waals surface area contributed by atoms with Crippen molar-refractivity contribution in [3.05, 3.63) is 41.9 Å². The molecule has 1 aromatic carbocycles. The number of ether oxygens (including phenoxy) is 2. The van der Waals surface area contributed by atoms with Crippen LogP contribution in [-0.2, 0) is 4.79 Å². The monoisotopic (exact) mass is 445 g/mol. The van der Waals surface area contributed by atoms with Gasteiger partial charge >= 0.3 is 0 Å². The minimum atomic E-state index is -0.416. The number of hydrogen-bond acceptors (Lipinski definition) is 8. The number of aryl methyl sites for hydroxylation is 1. The molecule has 1 N–H and O–H groups in total. The van der Waals surface area contributed by atoms with Gasteiger partial charge in [0.15, 0.2) is 22.9 Å². The van der Waals surface area contributed by atoms with Crippen LogP contribution in [0.15, 0.2) is 40.0 Å². The molecule has 0 bridgehead atoms. The van der Waals surface area contributed by atoms with E-state index >= 15 is 0 Å². The fourth-order valence-corrected chi connectivity index (χ4v) is 3.92. The molecule has 0 aliphatic heterocycles. The van der Waals surface area contributed by atoms with Gasteiger partial charge in [0.2, 0.25) is 5.91 Å². The van der Waals surface area contributed by atoms with Crippen LogP contribution < -0.4 is 14.8 Å².